The van der Waals surface area contributed by atoms with Crippen LogP contribution in [0, 0.1) is 13.8 Å². The Hall–Kier alpha value is -2.77. The van der Waals surface area contributed by atoms with Crippen molar-refractivity contribution < 1.29 is 0 Å². The monoisotopic (exact) mass is 434 g/mol. The summed E-state index contributed by atoms with van der Waals surface area (Å²) in [5.41, 5.74) is 2.39. The van der Waals surface area contributed by atoms with Crippen LogP contribution in [0.5, 0.6) is 0 Å². The van der Waals surface area contributed by atoms with Gasteiger partial charge in [-0.3, -0.25) is 4.90 Å². The summed E-state index contributed by atoms with van der Waals surface area (Å²) in [4.78, 5) is 19.2. The molecule has 1 N–H and O–H groups in total. The topological polar surface area (TPSA) is 58.9 Å². The van der Waals surface area contributed by atoms with Crippen molar-refractivity contribution in [3.8, 4) is 0 Å². The maximum absolute atomic E-state index is 5.02. The number of fused-ring (bicyclic) bond motifs is 1. The second kappa shape index (κ2) is 9.16. The van der Waals surface area contributed by atoms with Gasteiger partial charge in [-0.25, -0.2) is 15.0 Å². The molecule has 3 heterocycles. The SMILES string of the molecule is CCN(CC)Cc1nc(N[C@H](c2ccccc2)c2nccn2C)c2c(C)c(C)sc2n1. The Morgan fingerprint density at radius 2 is 1.84 bits per heavy atom. The van der Waals surface area contributed by atoms with Crippen LogP contribution in [-0.4, -0.2) is 37.5 Å². The van der Waals surface area contributed by atoms with Crippen molar-refractivity contribution in [2.45, 2.75) is 40.3 Å². The number of aryl methyl sites for hydroxylation is 3. The molecule has 0 unspecified atom stereocenters. The Balaban J connectivity index is 1.83. The highest BCUT2D eigenvalue weighted by Gasteiger charge is 2.22. The van der Waals surface area contributed by atoms with Crippen LogP contribution in [0.3, 0.4) is 0 Å². The van der Waals surface area contributed by atoms with Gasteiger partial charge in [0.25, 0.3) is 0 Å². The number of hydrogen-bond donors (Lipinski definition) is 1. The van der Waals surface area contributed by atoms with Crippen molar-refractivity contribution in [2.75, 3.05) is 18.4 Å². The number of imidazole rings is 1. The van der Waals surface area contributed by atoms with Gasteiger partial charge in [0.1, 0.15) is 28.3 Å². The highest BCUT2D eigenvalue weighted by molar-refractivity contribution is 7.18. The highest BCUT2D eigenvalue weighted by atomic mass is 32.1. The summed E-state index contributed by atoms with van der Waals surface area (Å²) in [5.74, 6) is 2.69. The minimum atomic E-state index is -0.111. The Kier molecular flexibility index (Phi) is 6.34. The third kappa shape index (κ3) is 4.34. The smallest absolute Gasteiger partial charge is 0.146 e. The number of aromatic nitrogens is 4. The van der Waals surface area contributed by atoms with Gasteiger partial charge >= 0.3 is 0 Å². The van der Waals surface area contributed by atoms with Gasteiger partial charge in [-0.15, -0.1) is 11.3 Å². The molecule has 0 aliphatic carbocycles. The summed E-state index contributed by atoms with van der Waals surface area (Å²) in [5, 5.41) is 4.85. The predicted octanol–water partition coefficient (Wildman–Crippen LogP) is 5.08. The van der Waals surface area contributed by atoms with Gasteiger partial charge in [0.15, 0.2) is 0 Å². The number of nitrogens with zero attached hydrogens (tertiary/aromatic N) is 5. The molecule has 162 valence electrons. The Morgan fingerprint density at radius 1 is 1.10 bits per heavy atom. The molecule has 0 spiro atoms. The fourth-order valence-corrected chi connectivity index (χ4v) is 4.90. The van der Waals surface area contributed by atoms with E-state index < -0.39 is 0 Å². The number of rotatable bonds is 8. The molecule has 4 rings (SSSR count). The van der Waals surface area contributed by atoms with E-state index in [4.69, 9.17) is 9.97 Å². The van der Waals surface area contributed by atoms with Crippen LogP contribution in [0.2, 0.25) is 0 Å². The number of benzene rings is 1. The van der Waals surface area contributed by atoms with Gasteiger partial charge in [-0.2, -0.15) is 0 Å². The second-order valence-corrected chi connectivity index (χ2v) is 9.00. The largest absolute Gasteiger partial charge is 0.356 e. The lowest BCUT2D eigenvalue weighted by molar-refractivity contribution is 0.289. The molecule has 1 aromatic carbocycles. The fraction of sp³-hybridized carbons (Fsp3) is 0.375. The Morgan fingerprint density at radius 3 is 2.48 bits per heavy atom. The quantitative estimate of drug-likeness (QED) is 0.419. The molecule has 0 bridgehead atoms. The molecule has 0 amide bonds. The van der Waals surface area contributed by atoms with E-state index in [2.05, 4.69) is 71.7 Å². The number of anilines is 1. The van der Waals surface area contributed by atoms with Crippen molar-refractivity contribution in [1.29, 1.82) is 0 Å². The Labute approximate surface area is 188 Å². The van der Waals surface area contributed by atoms with Crippen LogP contribution < -0.4 is 5.32 Å². The lowest BCUT2D eigenvalue weighted by atomic mass is 10.1. The zero-order valence-electron chi connectivity index (χ0n) is 18.9. The van der Waals surface area contributed by atoms with Gasteiger partial charge in [-0.1, -0.05) is 44.2 Å². The second-order valence-electron chi connectivity index (χ2n) is 7.80. The van der Waals surface area contributed by atoms with Gasteiger partial charge < -0.3 is 9.88 Å². The molecule has 0 fully saturated rings. The lowest BCUT2D eigenvalue weighted by Crippen LogP contribution is -2.24. The maximum Gasteiger partial charge on any atom is 0.146 e. The summed E-state index contributed by atoms with van der Waals surface area (Å²) in [6.07, 6.45) is 3.82. The van der Waals surface area contributed by atoms with Crippen LogP contribution in [0.15, 0.2) is 42.7 Å². The average molecular weight is 435 g/mol. The van der Waals surface area contributed by atoms with E-state index in [1.54, 1.807) is 11.3 Å². The molecule has 6 nitrogen and oxygen atoms in total. The van der Waals surface area contributed by atoms with E-state index in [-0.39, 0.29) is 6.04 Å². The molecule has 7 heteroatoms. The maximum atomic E-state index is 5.02. The third-order valence-electron chi connectivity index (χ3n) is 5.87. The van der Waals surface area contributed by atoms with E-state index in [1.165, 1.54) is 10.4 Å². The molecule has 1 atom stereocenters. The molecule has 0 aliphatic heterocycles. The van der Waals surface area contributed by atoms with Crippen LogP contribution in [0.4, 0.5) is 5.82 Å². The highest BCUT2D eigenvalue weighted by Crippen LogP contribution is 2.36. The summed E-state index contributed by atoms with van der Waals surface area (Å²) < 4.78 is 2.06. The molecular formula is C24H30N6S. The normalized spacial score (nSPS) is 12.6. The standard InChI is InChI=1S/C24H30N6S/c1-6-30(7-2)15-19-26-22(20-16(3)17(4)31-24(20)27-19)28-21(18-11-9-8-10-12-18)23-25-13-14-29(23)5/h8-14,21H,6-7,15H2,1-5H3,(H,26,27,28)/t21-/m1/s1. The number of hydrogen-bond acceptors (Lipinski definition) is 6. The lowest BCUT2D eigenvalue weighted by Gasteiger charge is -2.22. The first-order valence-corrected chi connectivity index (χ1v) is 11.6. The van der Waals surface area contributed by atoms with Crippen molar-refractivity contribution in [1.82, 2.24) is 24.4 Å². The minimum Gasteiger partial charge on any atom is -0.356 e. The molecule has 3 aromatic heterocycles. The van der Waals surface area contributed by atoms with Gasteiger partial charge in [0, 0.05) is 24.3 Å². The third-order valence-corrected chi connectivity index (χ3v) is 6.97. The van der Waals surface area contributed by atoms with Crippen LogP contribution >= 0.6 is 11.3 Å². The van der Waals surface area contributed by atoms with Crippen molar-refractivity contribution in [3.63, 3.8) is 0 Å². The van der Waals surface area contributed by atoms with E-state index in [1.807, 2.05) is 25.5 Å². The van der Waals surface area contributed by atoms with Crippen LogP contribution in [-0.2, 0) is 13.6 Å². The molecule has 0 saturated carbocycles. The molecule has 0 saturated heterocycles. The molecule has 0 aliphatic rings. The van der Waals surface area contributed by atoms with Crippen LogP contribution in [0.25, 0.3) is 10.2 Å². The van der Waals surface area contributed by atoms with Crippen molar-refractivity contribution >= 4 is 27.4 Å². The van der Waals surface area contributed by atoms with Gasteiger partial charge in [-0.05, 0) is 38.1 Å². The first-order valence-electron chi connectivity index (χ1n) is 10.8. The zero-order valence-corrected chi connectivity index (χ0v) is 19.7. The molecule has 0 radical (unpaired) electrons. The molecular weight excluding hydrogens is 404 g/mol. The fourth-order valence-electron chi connectivity index (χ4n) is 3.85. The van der Waals surface area contributed by atoms with E-state index in [0.29, 0.717) is 0 Å². The van der Waals surface area contributed by atoms with Crippen LogP contribution in [0.1, 0.15) is 47.5 Å². The number of thiophene rings is 1. The van der Waals surface area contributed by atoms with E-state index >= 15 is 0 Å². The molecule has 4 aromatic rings. The first-order chi connectivity index (χ1) is 15.0. The summed E-state index contributed by atoms with van der Waals surface area (Å²) in [6.45, 7) is 11.4. The molecule has 31 heavy (non-hydrogen) atoms. The van der Waals surface area contributed by atoms with E-state index in [9.17, 15) is 0 Å². The van der Waals surface area contributed by atoms with Gasteiger partial charge in [0.05, 0.1) is 11.9 Å². The zero-order chi connectivity index (χ0) is 22.0. The van der Waals surface area contributed by atoms with E-state index in [0.717, 1.165) is 52.9 Å². The predicted molar refractivity (Wildman–Crippen MR) is 129 cm³/mol. The summed E-state index contributed by atoms with van der Waals surface area (Å²) >= 11 is 1.74. The Bertz CT molecular complexity index is 1160. The van der Waals surface area contributed by atoms with Crippen molar-refractivity contribution in [2.24, 2.45) is 7.05 Å². The van der Waals surface area contributed by atoms with Gasteiger partial charge in [0.2, 0.25) is 0 Å². The average Bonchev–Trinajstić information content (AvgIpc) is 3.33. The summed E-state index contributed by atoms with van der Waals surface area (Å²) in [6, 6.07) is 10.3. The number of nitrogens with one attached hydrogen (secondary N) is 1. The summed E-state index contributed by atoms with van der Waals surface area (Å²) in [7, 11) is 2.03. The van der Waals surface area contributed by atoms with Crippen molar-refractivity contribution in [3.05, 3.63) is 70.4 Å². The minimum absolute atomic E-state index is 0.111. The first kappa shape index (κ1) is 21.5.